The Labute approximate surface area is 126 Å². The molecular weight excluding hydrogens is 328 g/mol. The summed E-state index contributed by atoms with van der Waals surface area (Å²) < 4.78 is 1.18. The molecule has 0 aromatic carbocycles. The molecule has 0 spiro atoms. The molecule has 1 saturated heterocycles. The van der Waals surface area contributed by atoms with E-state index in [0.717, 1.165) is 6.42 Å². The van der Waals surface area contributed by atoms with Crippen molar-refractivity contribution in [1.82, 2.24) is 4.90 Å². The normalized spacial score (nSPS) is 21.5. The van der Waals surface area contributed by atoms with Gasteiger partial charge in [0.15, 0.2) is 0 Å². The fourth-order valence-corrected chi connectivity index (χ4v) is 4.97. The van der Waals surface area contributed by atoms with Crippen LogP contribution in [-0.4, -0.2) is 35.5 Å². The maximum Gasteiger partial charge on any atom is 0.0594 e. The number of nitrogens with two attached hydrogens (primary N) is 1. The molecule has 2 heterocycles. The Hall–Kier alpha value is 0.450. The van der Waals surface area contributed by atoms with Crippen LogP contribution in [0.3, 0.4) is 0 Å². The predicted molar refractivity (Wildman–Crippen MR) is 86.5 cm³/mol. The van der Waals surface area contributed by atoms with Crippen LogP contribution in [0.1, 0.15) is 30.7 Å². The smallest absolute Gasteiger partial charge is 0.0594 e. The van der Waals surface area contributed by atoms with Crippen molar-refractivity contribution < 1.29 is 0 Å². The summed E-state index contributed by atoms with van der Waals surface area (Å²) in [5, 5.41) is 2.16. The molecule has 2 rings (SSSR count). The van der Waals surface area contributed by atoms with Crippen molar-refractivity contribution in [3.8, 4) is 0 Å². The topological polar surface area (TPSA) is 29.3 Å². The highest BCUT2D eigenvalue weighted by Gasteiger charge is 2.27. The van der Waals surface area contributed by atoms with Crippen molar-refractivity contribution in [2.24, 2.45) is 5.73 Å². The van der Waals surface area contributed by atoms with Gasteiger partial charge in [-0.2, -0.15) is 11.8 Å². The summed E-state index contributed by atoms with van der Waals surface area (Å²) in [5.41, 5.74) is 6.38. The molecule has 2 N–H and O–H groups in total. The average Bonchev–Trinajstić information content (AvgIpc) is 2.64. The molecule has 2 unspecified atom stereocenters. The molecular formula is C13H21BrN2S2. The zero-order valence-electron chi connectivity index (χ0n) is 10.8. The molecule has 102 valence electrons. The van der Waals surface area contributed by atoms with E-state index in [1.165, 1.54) is 40.4 Å². The SMILES string of the molecule is CCC(N)C(c1cc(Br)cs1)N1CCCSCC1. The van der Waals surface area contributed by atoms with Gasteiger partial charge in [-0.3, -0.25) is 4.90 Å². The number of halogens is 1. The van der Waals surface area contributed by atoms with Crippen LogP contribution in [0, 0.1) is 0 Å². The quantitative estimate of drug-likeness (QED) is 0.898. The Morgan fingerprint density at radius 3 is 2.94 bits per heavy atom. The second-order valence-corrected chi connectivity index (χ2v) is 7.77. The van der Waals surface area contributed by atoms with Crippen molar-refractivity contribution in [3.63, 3.8) is 0 Å². The molecule has 1 aromatic heterocycles. The molecule has 0 saturated carbocycles. The van der Waals surface area contributed by atoms with Crippen LogP contribution in [-0.2, 0) is 0 Å². The first kappa shape index (κ1) is 14.9. The fraction of sp³-hybridized carbons (Fsp3) is 0.692. The van der Waals surface area contributed by atoms with Crippen LogP contribution in [0.4, 0.5) is 0 Å². The van der Waals surface area contributed by atoms with Crippen molar-refractivity contribution in [3.05, 3.63) is 20.8 Å². The standard InChI is InChI=1S/C13H21BrN2S2/c1-2-11(15)13(12-8-10(14)9-18-12)16-4-3-6-17-7-5-16/h8-9,11,13H,2-7,15H2,1H3. The Bertz CT molecular complexity index is 362. The number of hydrogen-bond donors (Lipinski definition) is 1. The predicted octanol–water partition coefficient (Wildman–Crippen LogP) is 3.73. The zero-order valence-corrected chi connectivity index (χ0v) is 14.0. The first-order chi connectivity index (χ1) is 8.72. The van der Waals surface area contributed by atoms with Gasteiger partial charge in [-0.1, -0.05) is 6.92 Å². The number of nitrogens with zero attached hydrogens (tertiary/aromatic N) is 1. The van der Waals surface area contributed by atoms with Gasteiger partial charge in [0, 0.05) is 33.1 Å². The number of thiophene rings is 1. The van der Waals surface area contributed by atoms with Crippen LogP contribution < -0.4 is 5.73 Å². The monoisotopic (exact) mass is 348 g/mol. The maximum atomic E-state index is 6.38. The minimum absolute atomic E-state index is 0.235. The highest BCUT2D eigenvalue weighted by Crippen LogP contribution is 2.33. The maximum absolute atomic E-state index is 6.38. The van der Waals surface area contributed by atoms with E-state index in [1.54, 1.807) is 0 Å². The van der Waals surface area contributed by atoms with Gasteiger partial charge < -0.3 is 5.73 Å². The Balaban J connectivity index is 2.18. The summed E-state index contributed by atoms with van der Waals surface area (Å²) in [6.45, 7) is 4.53. The second kappa shape index (κ2) is 7.29. The van der Waals surface area contributed by atoms with Crippen molar-refractivity contribution >= 4 is 39.0 Å². The number of hydrogen-bond acceptors (Lipinski definition) is 4. The van der Waals surface area contributed by atoms with Gasteiger partial charge >= 0.3 is 0 Å². The van der Waals surface area contributed by atoms with Crippen LogP contribution in [0.2, 0.25) is 0 Å². The minimum Gasteiger partial charge on any atom is -0.326 e. The van der Waals surface area contributed by atoms with Crippen molar-refractivity contribution in [1.29, 1.82) is 0 Å². The van der Waals surface area contributed by atoms with Crippen LogP contribution in [0.5, 0.6) is 0 Å². The van der Waals surface area contributed by atoms with E-state index < -0.39 is 0 Å². The van der Waals surface area contributed by atoms with Crippen LogP contribution in [0.15, 0.2) is 15.9 Å². The highest BCUT2D eigenvalue weighted by atomic mass is 79.9. The van der Waals surface area contributed by atoms with Gasteiger partial charge in [0.05, 0.1) is 6.04 Å². The minimum atomic E-state index is 0.235. The third-order valence-electron chi connectivity index (χ3n) is 3.41. The van der Waals surface area contributed by atoms with Gasteiger partial charge in [0.25, 0.3) is 0 Å². The van der Waals surface area contributed by atoms with Gasteiger partial charge in [-0.05, 0) is 47.1 Å². The van der Waals surface area contributed by atoms with E-state index in [0.29, 0.717) is 6.04 Å². The lowest BCUT2D eigenvalue weighted by Crippen LogP contribution is -2.41. The second-order valence-electron chi connectivity index (χ2n) is 4.69. The van der Waals surface area contributed by atoms with E-state index in [1.807, 2.05) is 11.3 Å². The lowest BCUT2D eigenvalue weighted by molar-refractivity contribution is 0.185. The zero-order chi connectivity index (χ0) is 13.0. The lowest BCUT2D eigenvalue weighted by atomic mass is 10.0. The molecule has 0 aliphatic carbocycles. The van der Waals surface area contributed by atoms with E-state index in [-0.39, 0.29) is 6.04 Å². The Kier molecular flexibility index (Phi) is 6.01. The average molecular weight is 349 g/mol. The molecule has 0 bridgehead atoms. The van der Waals surface area contributed by atoms with Crippen molar-refractivity contribution in [2.75, 3.05) is 24.6 Å². The summed E-state index contributed by atoms with van der Waals surface area (Å²) in [5.74, 6) is 2.53. The lowest BCUT2D eigenvalue weighted by Gasteiger charge is -2.33. The largest absolute Gasteiger partial charge is 0.326 e. The third kappa shape index (κ3) is 3.73. The van der Waals surface area contributed by atoms with Crippen LogP contribution in [0.25, 0.3) is 0 Å². The Morgan fingerprint density at radius 1 is 1.44 bits per heavy atom. The van der Waals surface area contributed by atoms with E-state index >= 15 is 0 Å². The van der Waals surface area contributed by atoms with Crippen LogP contribution >= 0.6 is 39.0 Å². The fourth-order valence-electron chi connectivity index (χ4n) is 2.41. The molecule has 5 heteroatoms. The number of thioether (sulfide) groups is 1. The summed E-state index contributed by atoms with van der Waals surface area (Å²) in [6.07, 6.45) is 2.31. The third-order valence-corrected chi connectivity index (χ3v) is 6.22. The highest BCUT2D eigenvalue weighted by molar-refractivity contribution is 9.10. The van der Waals surface area contributed by atoms with Crippen molar-refractivity contribution in [2.45, 2.75) is 31.8 Å². The van der Waals surface area contributed by atoms with Gasteiger partial charge in [-0.15, -0.1) is 11.3 Å². The van der Waals surface area contributed by atoms with E-state index in [4.69, 9.17) is 5.73 Å². The molecule has 18 heavy (non-hydrogen) atoms. The molecule has 2 atom stereocenters. The molecule has 0 amide bonds. The molecule has 1 aromatic rings. The Morgan fingerprint density at radius 2 is 2.28 bits per heavy atom. The van der Waals surface area contributed by atoms with E-state index in [9.17, 15) is 0 Å². The van der Waals surface area contributed by atoms with Gasteiger partial charge in [0.1, 0.15) is 0 Å². The first-order valence-electron chi connectivity index (χ1n) is 6.53. The molecule has 1 aliphatic rings. The summed E-state index contributed by atoms with van der Waals surface area (Å²) >= 11 is 7.45. The molecule has 2 nitrogen and oxygen atoms in total. The van der Waals surface area contributed by atoms with Gasteiger partial charge in [-0.25, -0.2) is 0 Å². The van der Waals surface area contributed by atoms with Gasteiger partial charge in [0.2, 0.25) is 0 Å². The summed E-state index contributed by atoms with van der Waals surface area (Å²) in [4.78, 5) is 4.00. The van der Waals surface area contributed by atoms with E-state index in [2.05, 4.69) is 51.0 Å². The summed E-state index contributed by atoms with van der Waals surface area (Å²) in [6, 6.07) is 2.87. The molecule has 0 radical (unpaired) electrons. The molecule has 1 fully saturated rings. The summed E-state index contributed by atoms with van der Waals surface area (Å²) in [7, 11) is 0. The first-order valence-corrected chi connectivity index (χ1v) is 9.36. The molecule has 1 aliphatic heterocycles. The number of rotatable bonds is 4.